The van der Waals surface area contributed by atoms with E-state index in [0.717, 1.165) is 0 Å². The van der Waals surface area contributed by atoms with E-state index in [-0.39, 0.29) is 23.7 Å². The van der Waals surface area contributed by atoms with Gasteiger partial charge in [0.05, 0.1) is 8.95 Å². The maximum absolute atomic E-state index is 11.7. The number of nitrogens with zero attached hydrogens (tertiary/aromatic N) is 1. The van der Waals surface area contributed by atoms with Crippen LogP contribution >= 0.6 is 47.8 Å². The highest BCUT2D eigenvalue weighted by atomic mass is 79.9. The van der Waals surface area contributed by atoms with E-state index < -0.39 is 23.8 Å². The second-order valence-electron chi connectivity index (χ2n) is 4.05. The molecule has 1 fully saturated rings. The van der Waals surface area contributed by atoms with E-state index in [1.54, 1.807) is 12.1 Å². The summed E-state index contributed by atoms with van der Waals surface area (Å²) in [6.07, 6.45) is -0.129. The van der Waals surface area contributed by atoms with Crippen LogP contribution in [0.2, 0.25) is 0 Å². The molecular weight excluding hydrogens is 494 g/mol. The van der Waals surface area contributed by atoms with Gasteiger partial charge in [0.1, 0.15) is 0 Å². The number of carbonyl (C=O) groups is 4. The van der Waals surface area contributed by atoms with E-state index in [9.17, 15) is 19.2 Å². The van der Waals surface area contributed by atoms with Crippen LogP contribution in [0.1, 0.15) is 12.8 Å². The lowest BCUT2D eigenvalue weighted by atomic mass is 10.3. The van der Waals surface area contributed by atoms with Crippen LogP contribution < -0.4 is 4.74 Å². The Balaban J connectivity index is 2.08. The number of hydroxylamine groups is 2. The summed E-state index contributed by atoms with van der Waals surface area (Å²) in [5.74, 6) is -4.14. The third-order valence-electron chi connectivity index (χ3n) is 2.50. The summed E-state index contributed by atoms with van der Waals surface area (Å²) in [6.45, 7) is 0. The monoisotopic (exact) mass is 497 g/mol. The van der Waals surface area contributed by atoms with Crippen LogP contribution in [0.15, 0.2) is 25.6 Å². The molecule has 1 saturated heterocycles. The first-order valence-corrected chi connectivity index (χ1v) is 8.12. The summed E-state index contributed by atoms with van der Waals surface area (Å²) in [5.41, 5.74) is 0. The molecule has 0 unspecified atom stereocenters. The molecule has 7 nitrogen and oxygen atoms in total. The second-order valence-corrected chi connectivity index (χ2v) is 6.67. The number of hydrogen-bond donors (Lipinski definition) is 0. The molecule has 1 heterocycles. The first kappa shape index (κ1) is 17.1. The molecule has 1 aromatic rings. The summed E-state index contributed by atoms with van der Waals surface area (Å²) in [7, 11) is 0. The Morgan fingerprint density at radius 2 is 1.45 bits per heavy atom. The number of halogens is 3. The van der Waals surface area contributed by atoms with E-state index in [1.807, 2.05) is 0 Å². The fourth-order valence-corrected chi connectivity index (χ4v) is 3.96. The first-order valence-electron chi connectivity index (χ1n) is 5.74. The average molecular weight is 500 g/mol. The van der Waals surface area contributed by atoms with Crippen LogP contribution in [-0.2, 0) is 24.0 Å². The lowest BCUT2D eigenvalue weighted by Gasteiger charge is -2.12. The Bertz CT molecular complexity index is 650. The maximum Gasteiger partial charge on any atom is 0.442 e. The van der Waals surface area contributed by atoms with Gasteiger partial charge in [-0.2, -0.15) is 0 Å². The van der Waals surface area contributed by atoms with Gasteiger partial charge in [0, 0.05) is 17.3 Å². The van der Waals surface area contributed by atoms with Gasteiger partial charge < -0.3 is 9.57 Å². The molecule has 0 N–H and O–H groups in total. The van der Waals surface area contributed by atoms with Crippen LogP contribution in [0.25, 0.3) is 0 Å². The van der Waals surface area contributed by atoms with Crippen molar-refractivity contribution < 1.29 is 28.8 Å². The Morgan fingerprint density at radius 1 is 0.955 bits per heavy atom. The molecule has 1 aliphatic rings. The van der Waals surface area contributed by atoms with Crippen molar-refractivity contribution in [2.75, 3.05) is 0 Å². The average Bonchev–Trinajstić information content (AvgIpc) is 2.74. The van der Waals surface area contributed by atoms with Gasteiger partial charge in [-0.1, -0.05) is 15.9 Å². The number of carbonyl (C=O) groups excluding carboxylic acids is 4. The quantitative estimate of drug-likeness (QED) is 0.269. The second kappa shape index (κ2) is 6.88. The van der Waals surface area contributed by atoms with Crippen molar-refractivity contribution in [2.24, 2.45) is 0 Å². The van der Waals surface area contributed by atoms with Crippen LogP contribution in [0, 0.1) is 0 Å². The molecule has 22 heavy (non-hydrogen) atoms. The Morgan fingerprint density at radius 3 is 1.95 bits per heavy atom. The van der Waals surface area contributed by atoms with Crippen molar-refractivity contribution >= 4 is 71.5 Å². The summed E-state index contributed by atoms with van der Waals surface area (Å²) in [5, 5.41) is 0.273. The fraction of sp³-hybridized carbons (Fsp3) is 0.167. The minimum absolute atomic E-state index is 0.0595. The molecule has 116 valence electrons. The maximum atomic E-state index is 11.7. The summed E-state index contributed by atoms with van der Waals surface area (Å²) < 4.78 is 6.42. The standard InChI is InChI=1S/C12H6Br3NO6/c13-5-3-6(14)10(7(15)4-5)21-11(19)12(20)22-16-8(17)1-2-9(16)18/h3-4H,1-2H2. The molecule has 0 bridgehead atoms. The highest BCUT2D eigenvalue weighted by Crippen LogP contribution is 2.36. The van der Waals surface area contributed by atoms with Gasteiger partial charge in [-0.3, -0.25) is 9.59 Å². The van der Waals surface area contributed by atoms with Crippen molar-refractivity contribution in [1.82, 2.24) is 5.06 Å². The minimum Gasteiger partial charge on any atom is -0.416 e. The van der Waals surface area contributed by atoms with E-state index in [2.05, 4.69) is 52.6 Å². The topological polar surface area (TPSA) is 90.0 Å². The molecule has 0 aromatic heterocycles. The van der Waals surface area contributed by atoms with Gasteiger partial charge in [-0.05, 0) is 44.0 Å². The van der Waals surface area contributed by atoms with Gasteiger partial charge in [-0.15, -0.1) is 5.06 Å². The molecule has 0 radical (unpaired) electrons. The zero-order chi connectivity index (χ0) is 16.4. The molecule has 2 amide bonds. The first-order chi connectivity index (χ1) is 10.3. The molecule has 0 aliphatic carbocycles. The predicted molar refractivity (Wildman–Crippen MR) is 82.4 cm³/mol. The van der Waals surface area contributed by atoms with Crippen molar-refractivity contribution in [2.45, 2.75) is 12.8 Å². The van der Waals surface area contributed by atoms with Gasteiger partial charge >= 0.3 is 11.9 Å². The summed E-state index contributed by atoms with van der Waals surface area (Å²) >= 11 is 9.59. The zero-order valence-electron chi connectivity index (χ0n) is 10.6. The number of hydrogen-bond acceptors (Lipinski definition) is 6. The van der Waals surface area contributed by atoms with Crippen molar-refractivity contribution in [3.05, 3.63) is 25.6 Å². The zero-order valence-corrected chi connectivity index (χ0v) is 15.4. The molecule has 0 atom stereocenters. The number of esters is 1. The van der Waals surface area contributed by atoms with Crippen LogP contribution in [0.4, 0.5) is 0 Å². The fourth-order valence-electron chi connectivity index (χ4n) is 1.54. The third kappa shape index (κ3) is 3.73. The Labute approximate surface area is 149 Å². The van der Waals surface area contributed by atoms with E-state index in [1.165, 1.54) is 0 Å². The number of benzene rings is 1. The minimum atomic E-state index is -1.47. The lowest BCUT2D eigenvalue weighted by Crippen LogP contribution is -2.36. The largest absolute Gasteiger partial charge is 0.442 e. The molecule has 0 saturated carbocycles. The normalized spacial score (nSPS) is 14.2. The van der Waals surface area contributed by atoms with Gasteiger partial charge in [-0.25, -0.2) is 9.59 Å². The van der Waals surface area contributed by atoms with Crippen molar-refractivity contribution in [1.29, 1.82) is 0 Å². The van der Waals surface area contributed by atoms with Crippen molar-refractivity contribution in [3.8, 4) is 5.75 Å². The van der Waals surface area contributed by atoms with E-state index >= 15 is 0 Å². The Hall–Kier alpha value is -1.26. The van der Waals surface area contributed by atoms with E-state index in [4.69, 9.17) is 4.74 Å². The predicted octanol–water partition coefficient (Wildman–Crippen LogP) is 2.49. The van der Waals surface area contributed by atoms with E-state index in [0.29, 0.717) is 13.4 Å². The van der Waals surface area contributed by atoms with Gasteiger partial charge in [0.25, 0.3) is 11.8 Å². The third-order valence-corrected chi connectivity index (χ3v) is 4.14. The highest BCUT2D eigenvalue weighted by molar-refractivity contribution is 9.11. The lowest BCUT2D eigenvalue weighted by molar-refractivity contribution is -0.200. The van der Waals surface area contributed by atoms with Crippen LogP contribution in [0.5, 0.6) is 5.75 Å². The van der Waals surface area contributed by atoms with Crippen LogP contribution in [-0.4, -0.2) is 28.8 Å². The smallest absolute Gasteiger partial charge is 0.416 e. The number of ether oxygens (including phenoxy) is 1. The highest BCUT2D eigenvalue weighted by Gasteiger charge is 2.35. The summed E-state index contributed by atoms with van der Waals surface area (Å²) in [4.78, 5) is 50.4. The molecule has 10 heteroatoms. The van der Waals surface area contributed by atoms with Gasteiger partial charge in [0.2, 0.25) is 0 Å². The summed E-state index contributed by atoms with van der Waals surface area (Å²) in [6, 6.07) is 3.21. The number of imide groups is 1. The number of amides is 2. The molecule has 2 rings (SSSR count). The Kier molecular flexibility index (Phi) is 5.35. The molecular formula is C12H6Br3NO6. The molecule has 0 spiro atoms. The van der Waals surface area contributed by atoms with Crippen LogP contribution in [0.3, 0.4) is 0 Å². The van der Waals surface area contributed by atoms with Crippen molar-refractivity contribution in [3.63, 3.8) is 0 Å². The van der Waals surface area contributed by atoms with Gasteiger partial charge in [0.15, 0.2) is 5.75 Å². The molecule has 1 aromatic carbocycles. The number of rotatable bonds is 2. The SMILES string of the molecule is O=C(Oc1c(Br)cc(Br)cc1Br)C(=O)ON1C(=O)CCC1=O. The molecule has 1 aliphatic heterocycles.